The molecule has 0 heterocycles. The Labute approximate surface area is 43.2 Å². The third kappa shape index (κ3) is 2.27. The van der Waals surface area contributed by atoms with Gasteiger partial charge < -0.3 is 4.79 Å². The normalized spacial score (nSPS) is 13.7. The van der Waals surface area contributed by atoms with Gasteiger partial charge >= 0.3 is 0 Å². The van der Waals surface area contributed by atoms with Gasteiger partial charge in [-0.3, -0.25) is 0 Å². The summed E-state index contributed by atoms with van der Waals surface area (Å²) in [6.07, 6.45) is 1.66. The number of hydrogen-bond acceptors (Lipinski definition) is 2. The largest absolute Gasteiger partial charge is 0.302 e. The molecule has 0 aliphatic carbocycles. The molecule has 1 nitrogen and oxygen atoms in total. The summed E-state index contributed by atoms with van der Waals surface area (Å²) in [7, 11) is 0. The highest BCUT2D eigenvalue weighted by atomic mass is 32.1. The van der Waals surface area contributed by atoms with E-state index in [0.29, 0.717) is 0 Å². The number of rotatable bonds is 2. The van der Waals surface area contributed by atoms with E-state index in [-0.39, 0.29) is 5.25 Å². The average Bonchev–Trinajstić information content (AvgIpc) is 1.65. The van der Waals surface area contributed by atoms with E-state index >= 15 is 0 Å². The monoisotopic (exact) mass is 104 g/mol. The molecular weight excluding hydrogens is 96.1 g/mol. The first-order chi connectivity index (χ1) is 2.81. The molecule has 0 aromatic rings. The number of hydrogen-bond donors (Lipinski definition) is 1. The van der Waals surface area contributed by atoms with Gasteiger partial charge in [0.25, 0.3) is 0 Å². The number of thiol groups is 1. The Kier molecular flexibility index (Phi) is 3.23. The van der Waals surface area contributed by atoms with Crippen LogP contribution in [0, 0.1) is 0 Å². The molecule has 1 atom stereocenters. The lowest BCUT2D eigenvalue weighted by Gasteiger charge is -1.88. The van der Waals surface area contributed by atoms with Gasteiger partial charge in [0.1, 0.15) is 6.29 Å². The van der Waals surface area contributed by atoms with Crippen molar-refractivity contribution in [1.29, 1.82) is 0 Å². The van der Waals surface area contributed by atoms with Crippen LogP contribution in [0.3, 0.4) is 0 Å². The molecule has 0 rings (SSSR count). The van der Waals surface area contributed by atoms with E-state index in [4.69, 9.17) is 0 Å². The van der Waals surface area contributed by atoms with Crippen LogP contribution in [0.1, 0.15) is 13.3 Å². The van der Waals surface area contributed by atoms with Crippen LogP contribution in [0.5, 0.6) is 0 Å². The predicted octanol–water partition coefficient (Wildman–Crippen LogP) is 0.894. The molecule has 0 N–H and O–H groups in total. The zero-order valence-electron chi connectivity index (χ0n) is 3.72. The maximum absolute atomic E-state index is 9.66. The second-order valence-corrected chi connectivity index (χ2v) is 1.77. The smallest absolute Gasteiger partial charge is 0.132 e. The van der Waals surface area contributed by atoms with Crippen molar-refractivity contribution in [2.45, 2.75) is 18.6 Å². The summed E-state index contributed by atoms with van der Waals surface area (Å²) in [5.41, 5.74) is 0. The summed E-state index contributed by atoms with van der Waals surface area (Å²) < 4.78 is 0. The van der Waals surface area contributed by atoms with Crippen LogP contribution < -0.4 is 0 Å². The van der Waals surface area contributed by atoms with Crippen molar-refractivity contribution in [3.8, 4) is 0 Å². The van der Waals surface area contributed by atoms with Crippen molar-refractivity contribution in [3.05, 3.63) is 0 Å². The van der Waals surface area contributed by atoms with Crippen molar-refractivity contribution in [2.24, 2.45) is 0 Å². The Bertz CT molecular complexity index is 44.8. The third-order valence-corrected chi connectivity index (χ3v) is 1.06. The van der Waals surface area contributed by atoms with E-state index in [0.717, 1.165) is 12.7 Å². The first-order valence-electron chi connectivity index (χ1n) is 1.94. The highest BCUT2D eigenvalue weighted by Gasteiger charge is 1.90. The van der Waals surface area contributed by atoms with Gasteiger partial charge in [-0.15, -0.1) is 0 Å². The standard InChI is InChI=1S/C4H8OS/c1-2-4(6)3-5/h3-4,6H,2H2,1H3/t4-/m0/s1. The van der Waals surface area contributed by atoms with Gasteiger partial charge in [-0.1, -0.05) is 6.92 Å². The fraction of sp³-hybridized carbons (Fsp3) is 0.750. The molecule has 0 aromatic heterocycles. The lowest BCUT2D eigenvalue weighted by Crippen LogP contribution is -1.94. The third-order valence-electron chi connectivity index (χ3n) is 0.575. The minimum Gasteiger partial charge on any atom is -0.302 e. The van der Waals surface area contributed by atoms with E-state index < -0.39 is 0 Å². The van der Waals surface area contributed by atoms with E-state index in [2.05, 4.69) is 12.6 Å². The summed E-state index contributed by atoms with van der Waals surface area (Å²) in [5.74, 6) is 0. The zero-order valence-corrected chi connectivity index (χ0v) is 4.61. The molecule has 2 heteroatoms. The number of aldehydes is 1. The molecule has 36 valence electrons. The zero-order chi connectivity index (χ0) is 4.99. The van der Waals surface area contributed by atoms with Crippen molar-refractivity contribution < 1.29 is 4.79 Å². The first kappa shape index (κ1) is 6.02. The van der Waals surface area contributed by atoms with Crippen molar-refractivity contribution in [3.63, 3.8) is 0 Å². The summed E-state index contributed by atoms with van der Waals surface area (Å²) in [5, 5.41) is -0.0509. The number of carbonyl (C=O) groups is 1. The molecule has 0 aromatic carbocycles. The Morgan fingerprint density at radius 2 is 2.50 bits per heavy atom. The topological polar surface area (TPSA) is 17.1 Å². The molecule has 0 saturated heterocycles. The predicted molar refractivity (Wildman–Crippen MR) is 29.1 cm³/mol. The Balaban J connectivity index is 2.96. The summed E-state index contributed by atoms with van der Waals surface area (Å²) in [6.45, 7) is 1.92. The van der Waals surface area contributed by atoms with Crippen LogP contribution in [-0.4, -0.2) is 11.5 Å². The molecule has 0 amide bonds. The molecule has 0 bridgehead atoms. The van der Waals surface area contributed by atoms with Gasteiger partial charge in [0.15, 0.2) is 0 Å². The quantitative estimate of drug-likeness (QED) is 0.407. The lowest BCUT2D eigenvalue weighted by atomic mass is 10.4. The van der Waals surface area contributed by atoms with Gasteiger partial charge in [-0.2, -0.15) is 12.6 Å². The molecule has 0 fully saturated rings. The van der Waals surface area contributed by atoms with Crippen LogP contribution in [0.2, 0.25) is 0 Å². The van der Waals surface area contributed by atoms with Gasteiger partial charge in [-0.05, 0) is 6.42 Å². The molecule has 0 aliphatic rings. The van der Waals surface area contributed by atoms with Crippen LogP contribution in [-0.2, 0) is 4.79 Å². The molecule has 0 spiro atoms. The highest BCUT2D eigenvalue weighted by Crippen LogP contribution is 1.92. The minimum atomic E-state index is -0.0509. The van der Waals surface area contributed by atoms with Crippen molar-refractivity contribution in [1.82, 2.24) is 0 Å². The van der Waals surface area contributed by atoms with Crippen molar-refractivity contribution >= 4 is 18.9 Å². The van der Waals surface area contributed by atoms with Crippen LogP contribution in [0.25, 0.3) is 0 Å². The maximum atomic E-state index is 9.66. The van der Waals surface area contributed by atoms with Crippen LogP contribution >= 0.6 is 12.6 Å². The highest BCUT2D eigenvalue weighted by molar-refractivity contribution is 7.81. The Hall–Kier alpha value is 0.0200. The fourth-order valence-electron chi connectivity index (χ4n) is 0.0962. The van der Waals surface area contributed by atoms with E-state index in [1.807, 2.05) is 6.92 Å². The van der Waals surface area contributed by atoms with Crippen LogP contribution in [0.15, 0.2) is 0 Å². The summed E-state index contributed by atoms with van der Waals surface area (Å²) in [4.78, 5) is 9.66. The Morgan fingerprint density at radius 3 is 2.50 bits per heavy atom. The fourth-order valence-corrected chi connectivity index (χ4v) is 0.0962. The second kappa shape index (κ2) is 3.22. The number of carbonyl (C=O) groups excluding carboxylic acids is 1. The molecule has 0 unspecified atom stereocenters. The molecule has 0 aliphatic heterocycles. The minimum absolute atomic E-state index is 0.0509. The average molecular weight is 104 g/mol. The second-order valence-electron chi connectivity index (χ2n) is 1.11. The van der Waals surface area contributed by atoms with Gasteiger partial charge in [-0.25, -0.2) is 0 Å². The van der Waals surface area contributed by atoms with E-state index in [1.54, 1.807) is 0 Å². The lowest BCUT2D eigenvalue weighted by molar-refractivity contribution is -0.107. The van der Waals surface area contributed by atoms with Gasteiger partial charge in [0.2, 0.25) is 0 Å². The molecule has 0 radical (unpaired) electrons. The van der Waals surface area contributed by atoms with Crippen molar-refractivity contribution in [2.75, 3.05) is 0 Å². The first-order valence-corrected chi connectivity index (χ1v) is 2.46. The van der Waals surface area contributed by atoms with E-state index in [1.165, 1.54) is 0 Å². The SMILES string of the molecule is CC[C@H](S)C=O. The summed E-state index contributed by atoms with van der Waals surface area (Å²) >= 11 is 3.86. The Morgan fingerprint density at radius 1 is 2.00 bits per heavy atom. The molecule has 6 heavy (non-hydrogen) atoms. The molecular formula is C4H8OS. The van der Waals surface area contributed by atoms with E-state index in [9.17, 15) is 4.79 Å². The van der Waals surface area contributed by atoms with Crippen LogP contribution in [0.4, 0.5) is 0 Å². The van der Waals surface area contributed by atoms with Gasteiger partial charge in [0.05, 0.1) is 5.25 Å². The summed E-state index contributed by atoms with van der Waals surface area (Å²) in [6, 6.07) is 0. The van der Waals surface area contributed by atoms with Gasteiger partial charge in [0, 0.05) is 0 Å². The maximum Gasteiger partial charge on any atom is 0.132 e. The molecule has 0 saturated carbocycles.